The molecule has 1 saturated heterocycles. The Morgan fingerprint density at radius 1 is 0.950 bits per heavy atom. The summed E-state index contributed by atoms with van der Waals surface area (Å²) in [5.74, 6) is 0. The number of hydrogen-bond acceptors (Lipinski definition) is 3. The lowest BCUT2D eigenvalue weighted by Gasteiger charge is -2.32. The molecule has 0 atom stereocenters. The second-order valence-electron chi connectivity index (χ2n) is 6.42. The molecule has 4 heteroatoms. The number of rotatable bonds is 1. The van der Waals surface area contributed by atoms with E-state index in [-0.39, 0.29) is 18.3 Å². The second-order valence-corrected chi connectivity index (χ2v) is 6.42. The summed E-state index contributed by atoms with van der Waals surface area (Å²) >= 11 is 0. The van der Waals surface area contributed by atoms with Gasteiger partial charge in [-0.1, -0.05) is 24.3 Å². The molecule has 1 fully saturated rings. The highest BCUT2D eigenvalue weighted by Gasteiger charge is 2.52. The third kappa shape index (κ3) is 2.00. The molecule has 0 bridgehead atoms. The van der Waals surface area contributed by atoms with E-state index < -0.39 is 0 Å². The highest BCUT2D eigenvalue weighted by molar-refractivity contribution is 6.65. The van der Waals surface area contributed by atoms with Crippen molar-refractivity contribution in [3.05, 3.63) is 36.4 Å². The van der Waals surface area contributed by atoms with Gasteiger partial charge in [0.15, 0.2) is 0 Å². The molecule has 104 valence electrons. The van der Waals surface area contributed by atoms with E-state index >= 15 is 0 Å². The maximum atomic E-state index is 6.14. The smallest absolute Gasteiger partial charge is 0.399 e. The van der Waals surface area contributed by atoms with Crippen molar-refractivity contribution in [1.29, 1.82) is 0 Å². The van der Waals surface area contributed by atoms with E-state index in [0.717, 1.165) is 21.9 Å². The van der Waals surface area contributed by atoms with Crippen LogP contribution in [0.5, 0.6) is 0 Å². The predicted molar refractivity (Wildman–Crippen MR) is 84.1 cm³/mol. The Morgan fingerprint density at radius 2 is 1.55 bits per heavy atom. The molecule has 3 rings (SSSR count). The largest absolute Gasteiger partial charge is 0.495 e. The first-order chi connectivity index (χ1) is 9.30. The minimum Gasteiger partial charge on any atom is -0.399 e. The normalized spacial score (nSPS) is 20.5. The summed E-state index contributed by atoms with van der Waals surface area (Å²) in [5, 5.41) is 2.23. The van der Waals surface area contributed by atoms with Gasteiger partial charge >= 0.3 is 7.12 Å². The fourth-order valence-electron chi connectivity index (χ4n) is 2.53. The van der Waals surface area contributed by atoms with Crippen molar-refractivity contribution >= 4 is 29.0 Å². The molecule has 1 heterocycles. The number of nitrogens with two attached hydrogens (primary N) is 1. The average molecular weight is 269 g/mol. The van der Waals surface area contributed by atoms with Gasteiger partial charge < -0.3 is 15.0 Å². The molecule has 1 aliphatic rings. The molecule has 2 aromatic carbocycles. The number of benzene rings is 2. The van der Waals surface area contributed by atoms with Gasteiger partial charge in [0.1, 0.15) is 0 Å². The van der Waals surface area contributed by atoms with Crippen molar-refractivity contribution in [2.24, 2.45) is 0 Å². The maximum absolute atomic E-state index is 6.14. The van der Waals surface area contributed by atoms with E-state index in [1.165, 1.54) is 0 Å². The van der Waals surface area contributed by atoms with Crippen molar-refractivity contribution < 1.29 is 9.31 Å². The van der Waals surface area contributed by atoms with Crippen LogP contribution in [-0.2, 0) is 9.31 Å². The maximum Gasteiger partial charge on any atom is 0.495 e. The number of nitrogen functional groups attached to an aromatic ring is 1. The molecule has 0 spiro atoms. The lowest BCUT2D eigenvalue weighted by molar-refractivity contribution is 0.00578. The summed E-state index contributed by atoms with van der Waals surface area (Å²) in [5.41, 5.74) is 7.06. The molecule has 0 amide bonds. The zero-order valence-corrected chi connectivity index (χ0v) is 12.4. The third-order valence-corrected chi connectivity index (χ3v) is 4.42. The van der Waals surface area contributed by atoms with Crippen LogP contribution >= 0.6 is 0 Å². The molecule has 20 heavy (non-hydrogen) atoms. The van der Waals surface area contributed by atoms with Crippen molar-refractivity contribution in [3.63, 3.8) is 0 Å². The highest BCUT2D eigenvalue weighted by Crippen LogP contribution is 2.37. The van der Waals surface area contributed by atoms with Crippen LogP contribution in [0.15, 0.2) is 36.4 Å². The molecule has 0 unspecified atom stereocenters. The Morgan fingerprint density at radius 3 is 2.20 bits per heavy atom. The molecule has 0 aliphatic carbocycles. The fourth-order valence-corrected chi connectivity index (χ4v) is 2.53. The van der Waals surface area contributed by atoms with Crippen molar-refractivity contribution in [1.82, 2.24) is 0 Å². The number of fused-ring (bicyclic) bond motifs is 1. The summed E-state index contributed by atoms with van der Waals surface area (Å²) in [6.07, 6.45) is 0. The topological polar surface area (TPSA) is 44.5 Å². The van der Waals surface area contributed by atoms with Crippen molar-refractivity contribution in [2.45, 2.75) is 38.9 Å². The predicted octanol–water partition coefficient (Wildman–Crippen LogP) is 2.72. The minimum absolute atomic E-state index is 0.344. The van der Waals surface area contributed by atoms with Crippen LogP contribution in [0.2, 0.25) is 0 Å². The summed E-state index contributed by atoms with van der Waals surface area (Å²) in [4.78, 5) is 0. The van der Waals surface area contributed by atoms with Crippen LogP contribution in [0, 0.1) is 0 Å². The van der Waals surface area contributed by atoms with Gasteiger partial charge in [0.25, 0.3) is 0 Å². The Kier molecular flexibility index (Phi) is 2.85. The van der Waals surface area contributed by atoms with Crippen molar-refractivity contribution in [3.8, 4) is 0 Å². The van der Waals surface area contributed by atoms with Gasteiger partial charge in [0.05, 0.1) is 11.2 Å². The molecule has 2 N–H and O–H groups in total. The van der Waals surface area contributed by atoms with Gasteiger partial charge in [-0.05, 0) is 56.1 Å². The second kappa shape index (κ2) is 4.24. The number of hydrogen-bond donors (Lipinski definition) is 1. The van der Waals surface area contributed by atoms with Crippen LogP contribution in [0.3, 0.4) is 0 Å². The van der Waals surface area contributed by atoms with E-state index in [0.29, 0.717) is 0 Å². The van der Waals surface area contributed by atoms with Crippen LogP contribution in [0.1, 0.15) is 27.7 Å². The van der Waals surface area contributed by atoms with Gasteiger partial charge in [-0.2, -0.15) is 0 Å². The molecule has 3 nitrogen and oxygen atoms in total. The van der Waals surface area contributed by atoms with Gasteiger partial charge in [0, 0.05) is 5.69 Å². The number of anilines is 1. The van der Waals surface area contributed by atoms with Crippen LogP contribution < -0.4 is 11.2 Å². The summed E-state index contributed by atoms with van der Waals surface area (Å²) in [6, 6.07) is 12.1. The van der Waals surface area contributed by atoms with Gasteiger partial charge in [-0.3, -0.25) is 0 Å². The van der Waals surface area contributed by atoms with Gasteiger partial charge in [-0.25, -0.2) is 0 Å². The zero-order valence-electron chi connectivity index (χ0n) is 12.4. The van der Waals surface area contributed by atoms with Gasteiger partial charge in [0.2, 0.25) is 0 Å². The zero-order chi connectivity index (χ0) is 14.5. The SMILES string of the molecule is CC1(C)OB(c2cc(N)cc3ccccc23)OC1(C)C. The monoisotopic (exact) mass is 269 g/mol. The molecular weight excluding hydrogens is 249 g/mol. The quantitative estimate of drug-likeness (QED) is 0.639. The van der Waals surface area contributed by atoms with E-state index in [2.05, 4.69) is 39.8 Å². The lowest BCUT2D eigenvalue weighted by atomic mass is 9.76. The first kappa shape index (κ1) is 13.5. The molecular formula is C16H20BNO2. The molecule has 0 radical (unpaired) electrons. The van der Waals surface area contributed by atoms with Crippen molar-refractivity contribution in [2.75, 3.05) is 5.73 Å². The fraction of sp³-hybridized carbons (Fsp3) is 0.375. The van der Waals surface area contributed by atoms with E-state index in [1.807, 2.05) is 24.3 Å². The molecule has 2 aromatic rings. The standard InChI is InChI=1S/C16H20BNO2/c1-15(2)16(3,4)20-17(19-15)14-10-12(18)9-11-7-5-6-8-13(11)14/h5-10H,18H2,1-4H3. The average Bonchev–Trinajstić information content (AvgIpc) is 2.57. The molecule has 1 aliphatic heterocycles. The van der Waals surface area contributed by atoms with Crippen LogP contribution in [0.25, 0.3) is 10.8 Å². The highest BCUT2D eigenvalue weighted by atomic mass is 16.7. The van der Waals surface area contributed by atoms with E-state index in [9.17, 15) is 0 Å². The van der Waals surface area contributed by atoms with Crippen LogP contribution in [0.4, 0.5) is 5.69 Å². The molecule has 0 saturated carbocycles. The first-order valence-electron chi connectivity index (χ1n) is 6.94. The summed E-state index contributed by atoms with van der Waals surface area (Å²) in [7, 11) is -0.381. The summed E-state index contributed by atoms with van der Waals surface area (Å²) < 4.78 is 12.3. The minimum atomic E-state index is -0.381. The van der Waals surface area contributed by atoms with Crippen LogP contribution in [-0.4, -0.2) is 18.3 Å². The Bertz CT molecular complexity index is 651. The van der Waals surface area contributed by atoms with Gasteiger partial charge in [-0.15, -0.1) is 0 Å². The first-order valence-corrected chi connectivity index (χ1v) is 6.94. The van der Waals surface area contributed by atoms with E-state index in [1.54, 1.807) is 0 Å². The lowest BCUT2D eigenvalue weighted by Crippen LogP contribution is -2.41. The third-order valence-electron chi connectivity index (χ3n) is 4.42. The summed E-state index contributed by atoms with van der Waals surface area (Å²) in [6.45, 7) is 8.23. The Labute approximate surface area is 120 Å². The van der Waals surface area contributed by atoms with E-state index in [4.69, 9.17) is 15.0 Å². The molecule has 0 aromatic heterocycles. The Balaban J connectivity index is 2.12. The Hall–Kier alpha value is -1.52.